The Morgan fingerprint density at radius 2 is 1.39 bits per heavy atom. The molecule has 0 radical (unpaired) electrons. The molecule has 1 aromatic heterocycles. The summed E-state index contributed by atoms with van der Waals surface area (Å²) in [6, 6.07) is 17.2. The summed E-state index contributed by atoms with van der Waals surface area (Å²) in [7, 11) is 0. The number of unbranched alkanes of at least 4 members (excludes halogenated alkanes) is 4. The number of aryl methyl sites for hydroxylation is 1. The largest absolute Gasteiger partial charge is 0.486 e. The fourth-order valence-electron chi connectivity index (χ4n) is 4.05. The first-order chi connectivity index (χ1) is 18.5. The van der Waals surface area contributed by atoms with Crippen LogP contribution in [-0.4, -0.2) is 41.4 Å². The fraction of sp³-hybridized carbons (Fsp3) is 0.469. The molecule has 0 fully saturated rings. The van der Waals surface area contributed by atoms with Crippen LogP contribution in [0.2, 0.25) is 0 Å². The molecule has 0 aliphatic rings. The SMILES string of the molecule is CCCCCCCc1ccc(-c2ccc(-c3ncc(OC[C@H](C)OC(=O)[C@H](C)OCCC)cn3)cc2)cc1. The van der Waals surface area contributed by atoms with Gasteiger partial charge in [-0.05, 0) is 49.8 Å². The lowest BCUT2D eigenvalue weighted by Gasteiger charge is -2.17. The van der Waals surface area contributed by atoms with Crippen LogP contribution in [-0.2, 0) is 20.7 Å². The molecule has 0 amide bonds. The number of aromatic nitrogens is 2. The van der Waals surface area contributed by atoms with Gasteiger partial charge in [0.2, 0.25) is 0 Å². The average molecular weight is 519 g/mol. The van der Waals surface area contributed by atoms with Crippen molar-refractivity contribution in [3.8, 4) is 28.3 Å². The first-order valence-corrected chi connectivity index (χ1v) is 14.0. The monoisotopic (exact) mass is 518 g/mol. The third kappa shape index (κ3) is 9.56. The van der Waals surface area contributed by atoms with Crippen LogP contribution in [0.1, 0.15) is 71.8 Å². The summed E-state index contributed by atoms with van der Waals surface area (Å²) in [5.41, 5.74) is 4.71. The smallest absolute Gasteiger partial charge is 0.335 e. The molecule has 204 valence electrons. The minimum atomic E-state index is -0.587. The lowest BCUT2D eigenvalue weighted by molar-refractivity contribution is -0.162. The van der Waals surface area contributed by atoms with Crippen molar-refractivity contribution in [3.63, 3.8) is 0 Å². The molecule has 1 heterocycles. The van der Waals surface area contributed by atoms with E-state index in [-0.39, 0.29) is 6.61 Å². The predicted molar refractivity (Wildman–Crippen MR) is 152 cm³/mol. The number of carbonyl (C=O) groups is 1. The quantitative estimate of drug-likeness (QED) is 0.145. The second-order valence-corrected chi connectivity index (χ2v) is 9.75. The zero-order chi connectivity index (χ0) is 27.2. The number of ether oxygens (including phenoxy) is 3. The molecule has 0 unspecified atom stereocenters. The van der Waals surface area contributed by atoms with Gasteiger partial charge in [-0.3, -0.25) is 0 Å². The van der Waals surface area contributed by atoms with Crippen LogP contribution in [0.15, 0.2) is 60.9 Å². The minimum absolute atomic E-state index is 0.210. The van der Waals surface area contributed by atoms with E-state index in [4.69, 9.17) is 14.2 Å². The number of hydrogen-bond donors (Lipinski definition) is 0. The third-order valence-corrected chi connectivity index (χ3v) is 6.33. The summed E-state index contributed by atoms with van der Waals surface area (Å²) in [6.45, 7) is 8.46. The van der Waals surface area contributed by atoms with Crippen molar-refractivity contribution in [1.29, 1.82) is 0 Å². The highest BCUT2D eigenvalue weighted by Gasteiger charge is 2.18. The van der Waals surface area contributed by atoms with Crippen molar-refractivity contribution < 1.29 is 19.0 Å². The van der Waals surface area contributed by atoms with Crippen molar-refractivity contribution in [1.82, 2.24) is 9.97 Å². The fourth-order valence-corrected chi connectivity index (χ4v) is 4.05. The Kier molecular flexibility index (Phi) is 12.2. The topological polar surface area (TPSA) is 70.5 Å². The van der Waals surface area contributed by atoms with Crippen molar-refractivity contribution in [2.45, 2.75) is 84.8 Å². The molecule has 3 aromatic rings. The van der Waals surface area contributed by atoms with Crippen molar-refractivity contribution in [2.75, 3.05) is 13.2 Å². The average Bonchev–Trinajstić information content (AvgIpc) is 2.95. The van der Waals surface area contributed by atoms with E-state index in [1.165, 1.54) is 48.8 Å². The lowest BCUT2D eigenvalue weighted by Crippen LogP contribution is -2.30. The van der Waals surface area contributed by atoms with Crippen LogP contribution in [0.25, 0.3) is 22.5 Å². The second-order valence-electron chi connectivity index (χ2n) is 9.75. The van der Waals surface area contributed by atoms with Gasteiger partial charge in [-0.25, -0.2) is 14.8 Å². The molecule has 0 aliphatic carbocycles. The molecule has 0 saturated carbocycles. The van der Waals surface area contributed by atoms with E-state index in [1.807, 2.05) is 19.1 Å². The Balaban J connectivity index is 1.47. The van der Waals surface area contributed by atoms with Gasteiger partial charge in [-0.2, -0.15) is 0 Å². The molecule has 0 spiro atoms. The van der Waals surface area contributed by atoms with Crippen LogP contribution >= 0.6 is 0 Å². The molecule has 2 atom stereocenters. The maximum Gasteiger partial charge on any atom is 0.335 e. The minimum Gasteiger partial charge on any atom is -0.486 e. The highest BCUT2D eigenvalue weighted by atomic mass is 16.6. The van der Waals surface area contributed by atoms with Crippen LogP contribution in [0.5, 0.6) is 5.75 Å². The van der Waals surface area contributed by atoms with Crippen LogP contribution in [0.3, 0.4) is 0 Å². The molecule has 0 N–H and O–H groups in total. The summed E-state index contributed by atoms with van der Waals surface area (Å²) in [6.07, 6.45) is 10.8. The van der Waals surface area contributed by atoms with E-state index >= 15 is 0 Å². The number of carbonyl (C=O) groups excluding carboxylic acids is 1. The van der Waals surface area contributed by atoms with Gasteiger partial charge >= 0.3 is 5.97 Å². The number of hydrogen-bond acceptors (Lipinski definition) is 6. The molecule has 3 rings (SSSR count). The van der Waals surface area contributed by atoms with Gasteiger partial charge in [0.05, 0.1) is 12.4 Å². The maximum absolute atomic E-state index is 12.0. The summed E-state index contributed by atoms with van der Waals surface area (Å²) in [5, 5.41) is 0. The molecular weight excluding hydrogens is 476 g/mol. The zero-order valence-electron chi connectivity index (χ0n) is 23.3. The highest BCUT2D eigenvalue weighted by Crippen LogP contribution is 2.24. The standard InChI is InChI=1S/C32H42N2O4/c1-5-7-8-9-10-11-26-12-14-27(15-13-26)28-16-18-29(19-17-28)31-33-21-30(22-34-31)37-23-24(3)38-32(35)25(4)36-20-6-2/h12-19,21-22,24-25H,5-11,20,23H2,1-4H3/t24-,25-/m0/s1. The molecule has 38 heavy (non-hydrogen) atoms. The zero-order valence-corrected chi connectivity index (χ0v) is 23.3. The molecule has 0 aliphatic heterocycles. The Morgan fingerprint density at radius 1 is 0.789 bits per heavy atom. The van der Waals surface area contributed by atoms with E-state index in [9.17, 15) is 4.79 Å². The molecular formula is C32H42N2O4. The number of benzene rings is 2. The van der Waals surface area contributed by atoms with Crippen molar-refractivity contribution >= 4 is 5.97 Å². The van der Waals surface area contributed by atoms with Crippen molar-refractivity contribution in [3.05, 3.63) is 66.5 Å². The van der Waals surface area contributed by atoms with E-state index in [1.54, 1.807) is 26.2 Å². The second kappa shape index (κ2) is 15.9. The van der Waals surface area contributed by atoms with Gasteiger partial charge < -0.3 is 14.2 Å². The summed E-state index contributed by atoms with van der Waals surface area (Å²) < 4.78 is 16.5. The van der Waals surface area contributed by atoms with Crippen LogP contribution in [0, 0.1) is 0 Å². The normalized spacial score (nSPS) is 12.6. The molecule has 6 heteroatoms. The molecule has 0 bridgehead atoms. The van der Waals surface area contributed by atoms with Gasteiger partial charge in [-0.1, -0.05) is 88.1 Å². The Labute approximate surface area is 227 Å². The van der Waals surface area contributed by atoms with Crippen molar-refractivity contribution in [2.24, 2.45) is 0 Å². The number of rotatable bonds is 16. The third-order valence-electron chi connectivity index (χ3n) is 6.33. The Bertz CT molecular complexity index is 1080. The number of esters is 1. The van der Waals surface area contributed by atoms with E-state index in [2.05, 4.69) is 53.3 Å². The Morgan fingerprint density at radius 3 is 2.03 bits per heavy atom. The predicted octanol–water partition coefficient (Wildman–Crippen LogP) is 7.45. The van der Waals surface area contributed by atoms with Gasteiger partial charge in [0.15, 0.2) is 17.7 Å². The van der Waals surface area contributed by atoms with E-state index < -0.39 is 18.2 Å². The highest BCUT2D eigenvalue weighted by molar-refractivity contribution is 5.74. The van der Waals surface area contributed by atoms with Gasteiger partial charge in [0.1, 0.15) is 12.7 Å². The summed E-state index contributed by atoms with van der Waals surface area (Å²) in [4.78, 5) is 20.9. The maximum atomic E-state index is 12.0. The molecule has 6 nitrogen and oxygen atoms in total. The first-order valence-electron chi connectivity index (χ1n) is 14.0. The van der Waals surface area contributed by atoms with Gasteiger partial charge in [0.25, 0.3) is 0 Å². The summed E-state index contributed by atoms with van der Waals surface area (Å²) >= 11 is 0. The van der Waals surface area contributed by atoms with E-state index in [0.717, 1.165) is 18.4 Å². The van der Waals surface area contributed by atoms with Gasteiger partial charge in [0, 0.05) is 12.2 Å². The first kappa shape index (κ1) is 29.3. The number of nitrogens with zero attached hydrogens (tertiary/aromatic N) is 2. The Hall–Kier alpha value is -3.25. The molecule has 2 aromatic carbocycles. The van der Waals surface area contributed by atoms with Crippen LogP contribution < -0.4 is 4.74 Å². The van der Waals surface area contributed by atoms with Gasteiger partial charge in [-0.15, -0.1) is 0 Å². The lowest BCUT2D eigenvalue weighted by atomic mass is 10.00. The summed E-state index contributed by atoms with van der Waals surface area (Å²) in [5.74, 6) is 0.760. The molecule has 0 saturated heterocycles. The van der Waals surface area contributed by atoms with Crippen LogP contribution in [0.4, 0.5) is 0 Å². The van der Waals surface area contributed by atoms with E-state index in [0.29, 0.717) is 18.2 Å².